The number of hydrogen-bond acceptors (Lipinski definition) is 5. The third-order valence-electron chi connectivity index (χ3n) is 7.28. The summed E-state index contributed by atoms with van der Waals surface area (Å²) in [7, 11) is 0. The molecule has 0 bridgehead atoms. The second-order valence-corrected chi connectivity index (χ2v) is 9.52. The van der Waals surface area contributed by atoms with Crippen molar-refractivity contribution >= 4 is 5.91 Å². The number of amides is 1. The van der Waals surface area contributed by atoms with E-state index in [4.69, 9.17) is 9.26 Å². The topological polar surface area (TPSA) is 67.6 Å². The van der Waals surface area contributed by atoms with Gasteiger partial charge in [0, 0.05) is 12.1 Å². The van der Waals surface area contributed by atoms with E-state index in [1.54, 1.807) is 0 Å². The zero-order chi connectivity index (χ0) is 22.4. The van der Waals surface area contributed by atoms with Gasteiger partial charge in [-0.2, -0.15) is 0 Å². The molecule has 6 heteroatoms. The molecule has 0 atom stereocenters. The monoisotopic (exact) mass is 439 g/mol. The van der Waals surface area contributed by atoms with Gasteiger partial charge in [0.15, 0.2) is 0 Å². The summed E-state index contributed by atoms with van der Waals surface area (Å²) in [6, 6.07) is 7.81. The molecule has 4 rings (SSSR count). The fourth-order valence-electron chi connectivity index (χ4n) is 5.26. The van der Waals surface area contributed by atoms with Crippen LogP contribution in [-0.4, -0.2) is 41.1 Å². The molecule has 1 saturated heterocycles. The van der Waals surface area contributed by atoms with Gasteiger partial charge in [-0.1, -0.05) is 43.0 Å². The van der Waals surface area contributed by atoms with E-state index in [1.807, 2.05) is 38.1 Å². The maximum Gasteiger partial charge on any atom is 0.224 e. The summed E-state index contributed by atoms with van der Waals surface area (Å²) in [5, 5.41) is 7.24. The number of ether oxygens (including phenoxy) is 1. The number of rotatable bonds is 8. The van der Waals surface area contributed by atoms with Crippen LogP contribution in [0.1, 0.15) is 73.9 Å². The van der Waals surface area contributed by atoms with E-state index in [1.165, 1.54) is 64.5 Å². The van der Waals surface area contributed by atoms with Crippen LogP contribution in [0.3, 0.4) is 0 Å². The minimum absolute atomic E-state index is 0.108. The Morgan fingerprint density at radius 2 is 1.75 bits per heavy atom. The van der Waals surface area contributed by atoms with E-state index >= 15 is 0 Å². The van der Waals surface area contributed by atoms with Crippen LogP contribution >= 0.6 is 0 Å². The SMILES string of the molecule is Cc1noc(C)c1COc1ccc(CC(=O)NCC2(N3CCCCC3)CCCCC2)cc1. The molecule has 0 unspecified atom stereocenters. The Hall–Kier alpha value is -2.34. The molecule has 1 aliphatic carbocycles. The predicted octanol–water partition coefficient (Wildman–Crippen LogP) is 4.72. The number of carbonyl (C=O) groups is 1. The summed E-state index contributed by atoms with van der Waals surface area (Å²) >= 11 is 0. The van der Waals surface area contributed by atoms with E-state index in [9.17, 15) is 4.79 Å². The molecule has 1 aliphatic heterocycles. The molecule has 2 aromatic rings. The molecule has 0 spiro atoms. The zero-order valence-electron chi connectivity index (χ0n) is 19.6. The first kappa shape index (κ1) is 22.8. The van der Waals surface area contributed by atoms with Crippen LogP contribution in [0.5, 0.6) is 5.75 Å². The van der Waals surface area contributed by atoms with Gasteiger partial charge in [-0.3, -0.25) is 9.69 Å². The van der Waals surface area contributed by atoms with Crippen LogP contribution in [0.4, 0.5) is 0 Å². The molecule has 2 fully saturated rings. The minimum Gasteiger partial charge on any atom is -0.489 e. The van der Waals surface area contributed by atoms with Crippen LogP contribution in [0.25, 0.3) is 0 Å². The number of benzene rings is 1. The lowest BCUT2D eigenvalue weighted by Crippen LogP contribution is -2.58. The third kappa shape index (κ3) is 5.52. The number of piperidine rings is 1. The average Bonchev–Trinajstić information content (AvgIpc) is 3.15. The number of hydrogen-bond donors (Lipinski definition) is 1. The van der Waals surface area contributed by atoms with Crippen LogP contribution in [0.2, 0.25) is 0 Å². The smallest absolute Gasteiger partial charge is 0.224 e. The highest BCUT2D eigenvalue weighted by atomic mass is 16.5. The lowest BCUT2D eigenvalue weighted by molar-refractivity contribution is -0.121. The number of aromatic nitrogens is 1. The largest absolute Gasteiger partial charge is 0.489 e. The Bertz CT molecular complexity index is 859. The highest BCUT2D eigenvalue weighted by molar-refractivity contribution is 5.78. The molecular formula is C26H37N3O3. The van der Waals surface area contributed by atoms with Gasteiger partial charge in [-0.15, -0.1) is 0 Å². The van der Waals surface area contributed by atoms with Gasteiger partial charge in [-0.05, 0) is 70.3 Å². The van der Waals surface area contributed by atoms with E-state index < -0.39 is 0 Å². The van der Waals surface area contributed by atoms with Crippen molar-refractivity contribution in [3.8, 4) is 5.75 Å². The van der Waals surface area contributed by atoms with Gasteiger partial charge < -0.3 is 14.6 Å². The maximum atomic E-state index is 12.7. The maximum absolute atomic E-state index is 12.7. The molecule has 32 heavy (non-hydrogen) atoms. The van der Waals surface area contributed by atoms with Crippen molar-refractivity contribution in [2.24, 2.45) is 0 Å². The Kier molecular flexibility index (Phi) is 7.51. The summed E-state index contributed by atoms with van der Waals surface area (Å²) in [6.07, 6.45) is 10.6. The normalized spacial score (nSPS) is 18.9. The van der Waals surface area contributed by atoms with Crippen molar-refractivity contribution in [3.63, 3.8) is 0 Å². The third-order valence-corrected chi connectivity index (χ3v) is 7.28. The van der Waals surface area contributed by atoms with E-state index in [2.05, 4.69) is 15.4 Å². The second-order valence-electron chi connectivity index (χ2n) is 9.52. The highest BCUT2D eigenvalue weighted by Gasteiger charge is 2.38. The Labute approximate surface area is 191 Å². The number of aryl methyl sites for hydroxylation is 2. The molecule has 1 aromatic carbocycles. The van der Waals surface area contributed by atoms with Gasteiger partial charge in [0.05, 0.1) is 17.7 Å². The first-order valence-electron chi connectivity index (χ1n) is 12.2. The molecule has 1 aromatic heterocycles. The van der Waals surface area contributed by atoms with Gasteiger partial charge in [-0.25, -0.2) is 0 Å². The van der Waals surface area contributed by atoms with Crippen LogP contribution in [-0.2, 0) is 17.8 Å². The molecule has 0 radical (unpaired) electrons. The number of nitrogens with zero attached hydrogens (tertiary/aromatic N) is 2. The zero-order valence-corrected chi connectivity index (χ0v) is 19.6. The Morgan fingerprint density at radius 1 is 1.06 bits per heavy atom. The summed E-state index contributed by atoms with van der Waals surface area (Å²) in [4.78, 5) is 15.4. The van der Waals surface area contributed by atoms with Crippen molar-refractivity contribution in [2.75, 3.05) is 19.6 Å². The molecule has 1 N–H and O–H groups in total. The number of carbonyl (C=O) groups excluding carboxylic acids is 1. The van der Waals surface area contributed by atoms with E-state index in [0.717, 1.165) is 34.9 Å². The van der Waals surface area contributed by atoms with Gasteiger partial charge >= 0.3 is 0 Å². The Morgan fingerprint density at radius 3 is 2.41 bits per heavy atom. The van der Waals surface area contributed by atoms with Crippen molar-refractivity contribution in [1.82, 2.24) is 15.4 Å². The lowest BCUT2D eigenvalue weighted by atomic mass is 9.79. The molecule has 2 aliphatic rings. The number of nitrogens with one attached hydrogen (secondary N) is 1. The lowest BCUT2D eigenvalue weighted by Gasteiger charge is -2.48. The van der Waals surface area contributed by atoms with E-state index in [-0.39, 0.29) is 11.4 Å². The number of likely N-dealkylation sites (tertiary alicyclic amines) is 1. The highest BCUT2D eigenvalue weighted by Crippen LogP contribution is 2.35. The molecule has 1 saturated carbocycles. The standard InChI is InChI=1S/C26H37N3O3/c1-20-24(21(2)32-28-20)18-31-23-11-9-22(10-12-23)17-25(30)27-19-26(13-5-3-6-14-26)29-15-7-4-8-16-29/h9-12H,3-8,13-19H2,1-2H3,(H,27,30). The molecule has 1 amide bonds. The second kappa shape index (κ2) is 10.5. The summed E-state index contributed by atoms with van der Waals surface area (Å²) in [5.74, 6) is 1.67. The molecule has 2 heterocycles. The molecule has 6 nitrogen and oxygen atoms in total. The summed E-state index contributed by atoms with van der Waals surface area (Å²) in [5.41, 5.74) is 3.02. The van der Waals surface area contributed by atoms with Crippen molar-refractivity contribution in [2.45, 2.75) is 83.8 Å². The first-order valence-corrected chi connectivity index (χ1v) is 12.2. The van der Waals surface area contributed by atoms with Crippen LogP contribution in [0, 0.1) is 13.8 Å². The Balaban J connectivity index is 1.28. The minimum atomic E-state index is 0.108. The fourth-order valence-corrected chi connectivity index (χ4v) is 5.26. The van der Waals surface area contributed by atoms with Crippen molar-refractivity contribution in [3.05, 3.63) is 46.8 Å². The van der Waals surface area contributed by atoms with Gasteiger partial charge in [0.25, 0.3) is 0 Å². The molecule has 174 valence electrons. The quantitative estimate of drug-likeness (QED) is 0.645. The average molecular weight is 440 g/mol. The summed E-state index contributed by atoms with van der Waals surface area (Å²) in [6.45, 7) is 7.39. The van der Waals surface area contributed by atoms with E-state index in [0.29, 0.717) is 13.0 Å². The first-order chi connectivity index (χ1) is 15.6. The van der Waals surface area contributed by atoms with Gasteiger partial charge in [0.1, 0.15) is 18.1 Å². The van der Waals surface area contributed by atoms with Gasteiger partial charge in [0.2, 0.25) is 5.91 Å². The molecular weight excluding hydrogens is 402 g/mol. The van der Waals surface area contributed by atoms with Crippen LogP contribution < -0.4 is 10.1 Å². The summed E-state index contributed by atoms with van der Waals surface area (Å²) < 4.78 is 11.1. The van der Waals surface area contributed by atoms with Crippen molar-refractivity contribution in [1.29, 1.82) is 0 Å². The van der Waals surface area contributed by atoms with Crippen molar-refractivity contribution < 1.29 is 14.1 Å². The predicted molar refractivity (Wildman–Crippen MR) is 125 cm³/mol. The van der Waals surface area contributed by atoms with Crippen LogP contribution in [0.15, 0.2) is 28.8 Å². The fraction of sp³-hybridized carbons (Fsp3) is 0.615.